The molecule has 0 radical (unpaired) electrons. The number of carboxylic acids is 1. The summed E-state index contributed by atoms with van der Waals surface area (Å²) in [5, 5.41) is 11.1. The third-order valence-electron chi connectivity index (χ3n) is 2.24. The number of thioether (sulfide) groups is 1. The molecule has 7 heteroatoms. The van der Waals surface area contributed by atoms with Gasteiger partial charge >= 0.3 is 5.97 Å². The minimum absolute atomic E-state index is 0.294. The Morgan fingerprint density at radius 3 is 2.88 bits per heavy atom. The topological polar surface area (TPSA) is 57.6 Å². The molecule has 1 amide bonds. The lowest BCUT2D eigenvalue weighted by Gasteiger charge is -2.19. The lowest BCUT2D eigenvalue weighted by molar-refractivity contribution is -0.140. The van der Waals surface area contributed by atoms with Gasteiger partial charge in [-0.3, -0.25) is 4.79 Å². The second-order valence-corrected chi connectivity index (χ2v) is 5.55. The van der Waals surface area contributed by atoms with Gasteiger partial charge in [0.1, 0.15) is 10.9 Å². The number of aliphatic carboxylic acids is 1. The maximum absolute atomic E-state index is 12.0. The Morgan fingerprint density at radius 1 is 1.56 bits per heavy atom. The van der Waals surface area contributed by atoms with E-state index in [2.05, 4.69) is 0 Å². The minimum Gasteiger partial charge on any atom is -0.480 e. The predicted molar refractivity (Wildman–Crippen MR) is 64.2 cm³/mol. The Morgan fingerprint density at radius 2 is 2.31 bits per heavy atom. The van der Waals surface area contributed by atoms with Crippen molar-refractivity contribution in [1.82, 2.24) is 4.90 Å². The van der Waals surface area contributed by atoms with Crippen molar-refractivity contribution in [3.63, 3.8) is 0 Å². The molecule has 2 rings (SSSR count). The molecule has 0 aliphatic carbocycles. The van der Waals surface area contributed by atoms with Gasteiger partial charge in [-0.2, -0.15) is 0 Å². The zero-order valence-corrected chi connectivity index (χ0v) is 10.4. The summed E-state index contributed by atoms with van der Waals surface area (Å²) in [7, 11) is 0. The summed E-state index contributed by atoms with van der Waals surface area (Å²) in [5.41, 5.74) is 0. The van der Waals surface area contributed by atoms with Gasteiger partial charge in [-0.1, -0.05) is 11.6 Å². The van der Waals surface area contributed by atoms with E-state index in [0.29, 0.717) is 21.5 Å². The smallest absolute Gasteiger partial charge is 0.327 e. The first-order chi connectivity index (χ1) is 7.61. The number of thiophene rings is 1. The summed E-state index contributed by atoms with van der Waals surface area (Å²) in [6.45, 7) is 0. The fourth-order valence-electron chi connectivity index (χ4n) is 1.42. The van der Waals surface area contributed by atoms with Crippen LogP contribution in [0.4, 0.5) is 0 Å². The molecule has 0 unspecified atom stereocenters. The van der Waals surface area contributed by atoms with Crippen LogP contribution in [0.3, 0.4) is 0 Å². The number of hydrogen-bond donors (Lipinski definition) is 1. The van der Waals surface area contributed by atoms with Gasteiger partial charge in [-0.15, -0.1) is 23.1 Å². The van der Waals surface area contributed by atoms with E-state index in [4.69, 9.17) is 16.7 Å². The molecule has 1 atom stereocenters. The predicted octanol–water partition coefficient (Wildman–Crippen LogP) is 2.00. The van der Waals surface area contributed by atoms with Gasteiger partial charge in [0.2, 0.25) is 0 Å². The molecule has 0 saturated carbocycles. The van der Waals surface area contributed by atoms with Crippen molar-refractivity contribution >= 4 is 46.6 Å². The molecule has 1 N–H and O–H groups in total. The van der Waals surface area contributed by atoms with Gasteiger partial charge in [0, 0.05) is 5.75 Å². The van der Waals surface area contributed by atoms with E-state index in [1.165, 1.54) is 28.0 Å². The Bertz CT molecular complexity index is 434. The van der Waals surface area contributed by atoms with Gasteiger partial charge < -0.3 is 10.0 Å². The van der Waals surface area contributed by atoms with Gasteiger partial charge in [0.15, 0.2) is 0 Å². The van der Waals surface area contributed by atoms with Crippen molar-refractivity contribution < 1.29 is 14.7 Å². The van der Waals surface area contributed by atoms with E-state index in [1.807, 2.05) is 0 Å². The molecule has 0 spiro atoms. The zero-order chi connectivity index (χ0) is 11.7. The Kier molecular flexibility index (Phi) is 3.41. The summed E-state index contributed by atoms with van der Waals surface area (Å²) in [6.07, 6.45) is 0. The number of halogens is 1. The lowest BCUT2D eigenvalue weighted by atomic mass is 10.3. The number of amides is 1. The second-order valence-electron chi connectivity index (χ2n) is 3.23. The van der Waals surface area contributed by atoms with Crippen molar-refractivity contribution in [2.45, 2.75) is 6.04 Å². The molecule has 1 saturated heterocycles. The standard InChI is InChI=1S/C9H8ClNO3S2/c10-5-1-2-16-7(5)8(12)11-4-15-3-6(11)9(13)14/h1-2,6H,3-4H2,(H,13,14)/t6-/m0/s1. The first-order valence-corrected chi connectivity index (χ1v) is 6.87. The molecule has 1 aromatic heterocycles. The molecule has 1 aromatic rings. The van der Waals surface area contributed by atoms with Crippen LogP contribution in [0.1, 0.15) is 9.67 Å². The molecular formula is C9H8ClNO3S2. The molecule has 4 nitrogen and oxygen atoms in total. The van der Waals surface area contributed by atoms with E-state index in [0.717, 1.165) is 0 Å². The number of carbonyl (C=O) groups excluding carboxylic acids is 1. The van der Waals surface area contributed by atoms with Gasteiger partial charge in [0.05, 0.1) is 10.9 Å². The summed E-state index contributed by atoms with van der Waals surface area (Å²) >= 11 is 8.52. The number of rotatable bonds is 2. The lowest BCUT2D eigenvalue weighted by Crippen LogP contribution is -2.41. The first-order valence-electron chi connectivity index (χ1n) is 4.45. The van der Waals surface area contributed by atoms with Crippen molar-refractivity contribution in [1.29, 1.82) is 0 Å². The van der Waals surface area contributed by atoms with Crippen LogP contribution in [0, 0.1) is 0 Å². The van der Waals surface area contributed by atoms with Crippen LogP contribution < -0.4 is 0 Å². The van der Waals surface area contributed by atoms with Gasteiger partial charge in [0.25, 0.3) is 5.91 Å². The van der Waals surface area contributed by atoms with Crippen molar-refractivity contribution in [2.75, 3.05) is 11.6 Å². The quantitative estimate of drug-likeness (QED) is 0.898. The normalized spacial score (nSPS) is 20.1. The van der Waals surface area contributed by atoms with Crippen LogP contribution in [-0.2, 0) is 4.79 Å². The summed E-state index contributed by atoms with van der Waals surface area (Å²) in [4.78, 5) is 24.7. The molecule has 16 heavy (non-hydrogen) atoms. The number of carboxylic acid groups (broad SMARTS) is 1. The van der Waals surface area contributed by atoms with E-state index in [1.54, 1.807) is 11.4 Å². The van der Waals surface area contributed by atoms with Crippen LogP contribution in [0.2, 0.25) is 5.02 Å². The van der Waals surface area contributed by atoms with E-state index < -0.39 is 12.0 Å². The Hall–Kier alpha value is -0.720. The highest BCUT2D eigenvalue weighted by Crippen LogP contribution is 2.28. The third kappa shape index (κ3) is 2.05. The fraction of sp³-hybridized carbons (Fsp3) is 0.333. The van der Waals surface area contributed by atoms with Crippen LogP contribution in [0.15, 0.2) is 11.4 Å². The molecule has 2 heterocycles. The second kappa shape index (κ2) is 4.65. The molecule has 86 valence electrons. The highest BCUT2D eigenvalue weighted by molar-refractivity contribution is 7.99. The van der Waals surface area contributed by atoms with Crippen molar-refractivity contribution in [2.24, 2.45) is 0 Å². The monoisotopic (exact) mass is 277 g/mol. The van der Waals surface area contributed by atoms with E-state index in [-0.39, 0.29) is 5.91 Å². The molecule has 0 bridgehead atoms. The average Bonchev–Trinajstić information content (AvgIpc) is 2.84. The zero-order valence-electron chi connectivity index (χ0n) is 8.05. The van der Waals surface area contributed by atoms with Crippen molar-refractivity contribution in [3.8, 4) is 0 Å². The summed E-state index contributed by atoms with van der Waals surface area (Å²) in [5.74, 6) is -0.419. The van der Waals surface area contributed by atoms with Gasteiger partial charge in [-0.25, -0.2) is 4.79 Å². The third-order valence-corrected chi connectivity index (χ3v) is 4.58. The molecule has 1 aliphatic heterocycles. The summed E-state index contributed by atoms with van der Waals surface area (Å²) < 4.78 is 0. The van der Waals surface area contributed by atoms with E-state index >= 15 is 0 Å². The Labute approximate surface area is 105 Å². The molecule has 1 fully saturated rings. The van der Waals surface area contributed by atoms with Gasteiger partial charge in [-0.05, 0) is 11.4 Å². The fourth-order valence-corrected chi connectivity index (χ4v) is 3.66. The molecule has 1 aliphatic rings. The number of carbonyl (C=O) groups is 2. The first kappa shape index (κ1) is 11.8. The number of hydrogen-bond acceptors (Lipinski definition) is 4. The van der Waals surface area contributed by atoms with E-state index in [9.17, 15) is 9.59 Å². The largest absolute Gasteiger partial charge is 0.480 e. The Balaban J connectivity index is 2.22. The maximum Gasteiger partial charge on any atom is 0.327 e. The molecular weight excluding hydrogens is 270 g/mol. The highest BCUT2D eigenvalue weighted by Gasteiger charge is 2.35. The molecule has 0 aromatic carbocycles. The average molecular weight is 278 g/mol. The SMILES string of the molecule is O=C(O)[C@@H]1CSCN1C(=O)c1sccc1Cl. The minimum atomic E-state index is -0.967. The van der Waals surface area contributed by atoms with Crippen LogP contribution in [0.25, 0.3) is 0 Å². The summed E-state index contributed by atoms with van der Waals surface area (Å²) in [6, 6.07) is 0.897. The van der Waals surface area contributed by atoms with Crippen LogP contribution in [-0.4, -0.2) is 39.6 Å². The maximum atomic E-state index is 12.0. The van der Waals surface area contributed by atoms with Crippen molar-refractivity contribution in [3.05, 3.63) is 21.3 Å². The highest BCUT2D eigenvalue weighted by atomic mass is 35.5. The van der Waals surface area contributed by atoms with Crippen LogP contribution >= 0.6 is 34.7 Å². The number of nitrogens with zero attached hydrogens (tertiary/aromatic N) is 1. The van der Waals surface area contributed by atoms with Crippen LogP contribution in [0.5, 0.6) is 0 Å².